The molecule has 0 aliphatic carbocycles. The maximum Gasteiger partial charge on any atom is 0.250 e. The highest BCUT2D eigenvalue weighted by atomic mass is 35.5. The smallest absolute Gasteiger partial charge is 0.250 e. The molecule has 1 N–H and O–H groups in total. The molecule has 1 aromatic heterocycles. The normalized spacial score (nSPS) is 11.8. The SMILES string of the molecule is CCn1c(SCC(=O)NN=Cc2c(Cl)cccc2Cl)nnc1-c1ccc(C(C)(C)C)cc1. The minimum absolute atomic E-state index is 0.0883. The number of halogens is 2. The van der Waals surface area contributed by atoms with Gasteiger partial charge in [0.25, 0.3) is 5.91 Å². The average Bonchev–Trinajstić information content (AvgIpc) is 3.16. The lowest BCUT2D eigenvalue weighted by molar-refractivity contribution is -0.118. The van der Waals surface area contributed by atoms with Crippen molar-refractivity contribution in [2.24, 2.45) is 5.10 Å². The van der Waals surface area contributed by atoms with Crippen molar-refractivity contribution in [3.8, 4) is 11.4 Å². The molecule has 0 bridgehead atoms. The quantitative estimate of drug-likeness (QED) is 0.258. The van der Waals surface area contributed by atoms with Crippen LogP contribution in [0.4, 0.5) is 0 Å². The summed E-state index contributed by atoms with van der Waals surface area (Å²) in [6, 6.07) is 13.5. The van der Waals surface area contributed by atoms with E-state index in [0.29, 0.717) is 27.3 Å². The second-order valence-corrected chi connectivity index (χ2v) is 9.85. The van der Waals surface area contributed by atoms with E-state index in [1.54, 1.807) is 18.2 Å². The summed E-state index contributed by atoms with van der Waals surface area (Å²) in [5.41, 5.74) is 5.38. The molecule has 1 heterocycles. The summed E-state index contributed by atoms with van der Waals surface area (Å²) in [4.78, 5) is 12.2. The van der Waals surface area contributed by atoms with E-state index in [1.165, 1.54) is 23.5 Å². The molecule has 3 rings (SSSR count). The molecule has 0 atom stereocenters. The summed E-state index contributed by atoms with van der Waals surface area (Å²) in [5.74, 6) is 0.660. The van der Waals surface area contributed by atoms with Crippen LogP contribution in [0.3, 0.4) is 0 Å². The van der Waals surface area contributed by atoms with Gasteiger partial charge in [-0.2, -0.15) is 5.10 Å². The average molecular weight is 490 g/mol. The highest BCUT2D eigenvalue weighted by molar-refractivity contribution is 7.99. The summed E-state index contributed by atoms with van der Waals surface area (Å²) in [7, 11) is 0. The van der Waals surface area contributed by atoms with Gasteiger partial charge in [0.15, 0.2) is 11.0 Å². The van der Waals surface area contributed by atoms with Gasteiger partial charge in [0, 0.05) is 17.7 Å². The highest BCUT2D eigenvalue weighted by Gasteiger charge is 2.17. The number of hydrogen-bond acceptors (Lipinski definition) is 5. The summed E-state index contributed by atoms with van der Waals surface area (Å²) in [5, 5.41) is 14.2. The van der Waals surface area contributed by atoms with Crippen LogP contribution in [0.2, 0.25) is 10.0 Å². The number of carbonyl (C=O) groups excluding carboxylic acids is 1. The van der Waals surface area contributed by atoms with Crippen LogP contribution in [0, 0.1) is 0 Å². The standard InChI is InChI=1S/C23H25Cl2N5OS/c1-5-30-21(15-9-11-16(12-10-15)23(2,3)4)28-29-22(30)32-14-20(31)27-26-13-17-18(24)7-6-8-19(17)25/h6-13H,5,14H2,1-4H3,(H,27,31). The van der Waals surface area contributed by atoms with Crippen molar-refractivity contribution in [2.75, 3.05) is 5.75 Å². The highest BCUT2D eigenvalue weighted by Crippen LogP contribution is 2.27. The lowest BCUT2D eigenvalue weighted by Gasteiger charge is -2.19. The van der Waals surface area contributed by atoms with E-state index in [9.17, 15) is 4.79 Å². The van der Waals surface area contributed by atoms with E-state index in [0.717, 1.165) is 11.4 Å². The first-order valence-corrected chi connectivity index (χ1v) is 11.9. The summed E-state index contributed by atoms with van der Waals surface area (Å²) >= 11 is 13.5. The third-order valence-corrected chi connectivity index (χ3v) is 6.38. The predicted octanol–water partition coefficient (Wildman–Crippen LogP) is 5.81. The first-order valence-electron chi connectivity index (χ1n) is 10.1. The molecule has 6 nitrogen and oxygen atoms in total. The van der Waals surface area contributed by atoms with Gasteiger partial charge in [0.05, 0.1) is 22.0 Å². The van der Waals surface area contributed by atoms with Gasteiger partial charge in [-0.3, -0.25) is 4.79 Å². The van der Waals surface area contributed by atoms with Gasteiger partial charge in [-0.1, -0.05) is 86.1 Å². The Morgan fingerprint density at radius 3 is 2.38 bits per heavy atom. The second-order valence-electron chi connectivity index (χ2n) is 8.09. The van der Waals surface area contributed by atoms with Gasteiger partial charge in [-0.05, 0) is 30.0 Å². The fourth-order valence-corrected chi connectivity index (χ4v) is 4.27. The fourth-order valence-electron chi connectivity index (χ4n) is 2.98. The molecule has 0 saturated heterocycles. The predicted molar refractivity (Wildman–Crippen MR) is 133 cm³/mol. The van der Waals surface area contributed by atoms with Gasteiger partial charge in [0.2, 0.25) is 0 Å². The van der Waals surface area contributed by atoms with Crippen molar-refractivity contribution >= 4 is 47.1 Å². The van der Waals surface area contributed by atoms with Crippen LogP contribution in [-0.2, 0) is 16.8 Å². The van der Waals surface area contributed by atoms with Crippen molar-refractivity contribution in [1.82, 2.24) is 20.2 Å². The van der Waals surface area contributed by atoms with E-state index in [1.807, 2.05) is 11.5 Å². The first kappa shape index (κ1) is 24.3. The van der Waals surface area contributed by atoms with E-state index in [2.05, 4.69) is 65.8 Å². The Bertz CT molecular complexity index is 1100. The Kier molecular flexibility index (Phi) is 7.98. The molecule has 0 aliphatic rings. The molecular formula is C23H25Cl2N5OS. The minimum Gasteiger partial charge on any atom is -0.302 e. The minimum atomic E-state index is -0.267. The molecule has 0 unspecified atom stereocenters. The number of hydrazone groups is 1. The van der Waals surface area contributed by atoms with Crippen LogP contribution in [-0.4, -0.2) is 32.6 Å². The number of benzene rings is 2. The molecule has 0 spiro atoms. The van der Waals surface area contributed by atoms with E-state index in [-0.39, 0.29) is 17.1 Å². The molecular weight excluding hydrogens is 465 g/mol. The molecule has 0 aliphatic heterocycles. The monoisotopic (exact) mass is 489 g/mol. The van der Waals surface area contributed by atoms with E-state index < -0.39 is 0 Å². The number of hydrogen-bond donors (Lipinski definition) is 1. The maximum atomic E-state index is 12.2. The molecule has 3 aromatic rings. The van der Waals surface area contributed by atoms with Crippen molar-refractivity contribution in [1.29, 1.82) is 0 Å². The lowest BCUT2D eigenvalue weighted by Crippen LogP contribution is -2.20. The first-order chi connectivity index (χ1) is 15.2. The molecule has 0 fully saturated rings. The lowest BCUT2D eigenvalue weighted by atomic mass is 9.87. The number of aromatic nitrogens is 3. The molecule has 168 valence electrons. The van der Waals surface area contributed by atoms with E-state index in [4.69, 9.17) is 23.2 Å². The molecule has 0 radical (unpaired) electrons. The zero-order chi connectivity index (χ0) is 23.3. The van der Waals surface area contributed by atoms with Gasteiger partial charge in [0.1, 0.15) is 0 Å². The number of thioether (sulfide) groups is 1. The van der Waals surface area contributed by atoms with Crippen molar-refractivity contribution in [3.05, 3.63) is 63.6 Å². The molecule has 1 amide bonds. The van der Waals surface area contributed by atoms with Gasteiger partial charge < -0.3 is 4.57 Å². The zero-order valence-corrected chi connectivity index (χ0v) is 20.7. The number of rotatable bonds is 7. The third-order valence-electron chi connectivity index (χ3n) is 4.76. The van der Waals surface area contributed by atoms with Crippen molar-refractivity contribution in [2.45, 2.75) is 44.8 Å². The van der Waals surface area contributed by atoms with Gasteiger partial charge >= 0.3 is 0 Å². The Hall–Kier alpha value is -2.35. The summed E-state index contributed by atoms with van der Waals surface area (Å²) in [6.07, 6.45) is 1.43. The van der Waals surface area contributed by atoms with Gasteiger partial charge in [-0.25, -0.2) is 5.43 Å². The van der Waals surface area contributed by atoms with Crippen LogP contribution in [0.25, 0.3) is 11.4 Å². The van der Waals surface area contributed by atoms with Crippen LogP contribution in [0.15, 0.2) is 52.7 Å². The number of nitrogens with one attached hydrogen (secondary N) is 1. The summed E-state index contributed by atoms with van der Waals surface area (Å²) in [6.45, 7) is 9.27. The van der Waals surface area contributed by atoms with Crippen LogP contribution in [0.5, 0.6) is 0 Å². The maximum absolute atomic E-state index is 12.2. The number of amides is 1. The Balaban J connectivity index is 1.64. The Morgan fingerprint density at radius 2 is 1.78 bits per heavy atom. The topological polar surface area (TPSA) is 72.2 Å². The zero-order valence-electron chi connectivity index (χ0n) is 18.4. The van der Waals surface area contributed by atoms with Crippen LogP contribution >= 0.6 is 35.0 Å². The van der Waals surface area contributed by atoms with E-state index >= 15 is 0 Å². The Labute approximate surface area is 202 Å². The molecule has 2 aromatic carbocycles. The number of carbonyl (C=O) groups is 1. The third kappa shape index (κ3) is 5.91. The van der Waals surface area contributed by atoms with Crippen LogP contribution < -0.4 is 5.43 Å². The molecule has 9 heteroatoms. The largest absolute Gasteiger partial charge is 0.302 e. The Morgan fingerprint density at radius 1 is 1.12 bits per heavy atom. The molecule has 0 saturated carbocycles. The van der Waals surface area contributed by atoms with Crippen LogP contribution in [0.1, 0.15) is 38.8 Å². The number of nitrogens with zero attached hydrogens (tertiary/aromatic N) is 4. The summed E-state index contributed by atoms with van der Waals surface area (Å²) < 4.78 is 2.00. The molecule has 32 heavy (non-hydrogen) atoms. The van der Waals surface area contributed by atoms with Crippen molar-refractivity contribution in [3.63, 3.8) is 0 Å². The van der Waals surface area contributed by atoms with Crippen molar-refractivity contribution < 1.29 is 4.79 Å². The second kappa shape index (κ2) is 10.5. The van der Waals surface area contributed by atoms with Gasteiger partial charge in [-0.15, -0.1) is 10.2 Å². The fraction of sp³-hybridized carbons (Fsp3) is 0.304.